The van der Waals surface area contributed by atoms with E-state index < -0.39 is 14.2 Å². The molecular formula is C17H29N3O4Si. The molecule has 0 saturated carbocycles. The molecule has 2 rings (SSSR count). The number of amides is 1. The van der Waals surface area contributed by atoms with Crippen molar-refractivity contribution in [3.05, 3.63) is 17.7 Å². The number of likely N-dealkylation sites (tertiary alicyclic amines) is 1. The lowest BCUT2D eigenvalue weighted by Gasteiger charge is -2.23. The van der Waals surface area contributed by atoms with Gasteiger partial charge in [0.25, 0.3) is 0 Å². The van der Waals surface area contributed by atoms with E-state index >= 15 is 0 Å². The Hall–Kier alpha value is -1.67. The lowest BCUT2D eigenvalue weighted by molar-refractivity contribution is -0.116. The fourth-order valence-corrected chi connectivity index (χ4v) is 3.79. The van der Waals surface area contributed by atoms with Crippen molar-refractivity contribution in [3.8, 4) is 0 Å². The Balaban J connectivity index is 2.17. The zero-order chi connectivity index (χ0) is 18.6. The molecule has 0 aromatic carbocycles. The number of hydrogen-bond acceptors (Lipinski definition) is 4. The molecule has 2 heterocycles. The largest absolute Gasteiger partial charge is 0.465 e. The van der Waals surface area contributed by atoms with Crippen LogP contribution in [0.1, 0.15) is 37.3 Å². The molecule has 25 heavy (non-hydrogen) atoms. The van der Waals surface area contributed by atoms with Gasteiger partial charge in [0.2, 0.25) is 0 Å². The third kappa shape index (κ3) is 5.40. The summed E-state index contributed by atoms with van der Waals surface area (Å²) in [7, 11) is -1.17. The van der Waals surface area contributed by atoms with Gasteiger partial charge in [0.15, 0.2) is 0 Å². The van der Waals surface area contributed by atoms with Gasteiger partial charge in [0.05, 0.1) is 6.04 Å². The SMILES string of the molecule is CC(=O)Cc1cnc(C2CCCN2C(=O)O)n1COCC[Si](C)(C)C. The summed E-state index contributed by atoms with van der Waals surface area (Å²) < 4.78 is 7.74. The van der Waals surface area contributed by atoms with Crippen LogP contribution in [0.4, 0.5) is 4.79 Å². The number of ketones is 1. The van der Waals surface area contributed by atoms with Crippen LogP contribution in [0, 0.1) is 0 Å². The van der Waals surface area contributed by atoms with Gasteiger partial charge in [0.1, 0.15) is 18.3 Å². The van der Waals surface area contributed by atoms with Gasteiger partial charge in [-0.25, -0.2) is 9.78 Å². The second-order valence-electron chi connectivity index (χ2n) is 7.90. The van der Waals surface area contributed by atoms with Crippen LogP contribution >= 0.6 is 0 Å². The fraction of sp³-hybridized carbons (Fsp3) is 0.706. The minimum absolute atomic E-state index is 0.0521. The van der Waals surface area contributed by atoms with Gasteiger partial charge in [-0.2, -0.15) is 0 Å². The average molecular weight is 368 g/mol. The van der Waals surface area contributed by atoms with Crippen LogP contribution in [0.3, 0.4) is 0 Å². The van der Waals surface area contributed by atoms with E-state index in [1.807, 2.05) is 4.57 Å². The summed E-state index contributed by atoms with van der Waals surface area (Å²) in [5.74, 6) is 0.737. The molecule has 1 aliphatic rings. The second kappa shape index (κ2) is 8.14. The zero-order valence-electron chi connectivity index (χ0n) is 15.6. The first-order chi connectivity index (χ1) is 11.7. The number of hydrogen-bond donors (Lipinski definition) is 1. The van der Waals surface area contributed by atoms with Crippen LogP contribution < -0.4 is 0 Å². The Morgan fingerprint density at radius 1 is 1.40 bits per heavy atom. The molecule has 0 bridgehead atoms. The van der Waals surface area contributed by atoms with E-state index in [4.69, 9.17) is 4.74 Å². The summed E-state index contributed by atoms with van der Waals surface area (Å²) in [6, 6.07) is 0.794. The lowest BCUT2D eigenvalue weighted by atomic mass is 10.2. The fourth-order valence-electron chi connectivity index (χ4n) is 3.04. The van der Waals surface area contributed by atoms with Crippen LogP contribution in [0.2, 0.25) is 25.7 Å². The van der Waals surface area contributed by atoms with Crippen LogP contribution in [-0.4, -0.2) is 52.7 Å². The molecule has 1 amide bonds. The number of carbonyl (C=O) groups excluding carboxylic acids is 1. The van der Waals surface area contributed by atoms with Crippen LogP contribution in [0.25, 0.3) is 0 Å². The number of rotatable bonds is 8. The molecule has 1 aliphatic heterocycles. The highest BCUT2D eigenvalue weighted by Gasteiger charge is 2.33. The Morgan fingerprint density at radius 3 is 2.72 bits per heavy atom. The number of carboxylic acid groups (broad SMARTS) is 1. The van der Waals surface area contributed by atoms with Crippen molar-refractivity contribution < 1.29 is 19.4 Å². The first-order valence-corrected chi connectivity index (χ1v) is 12.5. The van der Waals surface area contributed by atoms with Gasteiger partial charge in [-0.3, -0.25) is 9.69 Å². The summed E-state index contributed by atoms with van der Waals surface area (Å²) in [6.45, 7) is 9.93. The minimum atomic E-state index is -1.17. The van der Waals surface area contributed by atoms with E-state index in [0.29, 0.717) is 25.7 Å². The molecular weight excluding hydrogens is 338 g/mol. The van der Waals surface area contributed by atoms with Gasteiger partial charge in [-0.15, -0.1) is 0 Å². The Bertz CT molecular complexity index is 624. The van der Waals surface area contributed by atoms with Crippen molar-refractivity contribution in [1.82, 2.24) is 14.5 Å². The highest BCUT2D eigenvalue weighted by molar-refractivity contribution is 6.76. The molecule has 140 valence electrons. The van der Waals surface area contributed by atoms with Gasteiger partial charge in [0, 0.05) is 39.5 Å². The van der Waals surface area contributed by atoms with Crippen LogP contribution in [0.15, 0.2) is 6.20 Å². The second-order valence-corrected chi connectivity index (χ2v) is 13.5. The molecule has 0 spiro atoms. The molecule has 1 atom stereocenters. The molecule has 1 aromatic heterocycles. The smallest absolute Gasteiger partial charge is 0.407 e. The third-order valence-electron chi connectivity index (χ3n) is 4.41. The summed E-state index contributed by atoms with van der Waals surface area (Å²) in [6.07, 6.45) is 2.60. The van der Waals surface area contributed by atoms with E-state index in [1.54, 1.807) is 13.1 Å². The predicted molar refractivity (Wildman–Crippen MR) is 97.4 cm³/mol. The first-order valence-electron chi connectivity index (χ1n) is 8.80. The molecule has 8 heteroatoms. The Kier molecular flexibility index (Phi) is 6.40. The van der Waals surface area contributed by atoms with Crippen molar-refractivity contribution in [3.63, 3.8) is 0 Å². The maximum Gasteiger partial charge on any atom is 0.407 e. The third-order valence-corrected chi connectivity index (χ3v) is 6.12. The number of aromatic nitrogens is 2. The number of nitrogens with zero attached hydrogens (tertiary/aromatic N) is 3. The average Bonchev–Trinajstić information content (AvgIpc) is 3.08. The maximum atomic E-state index is 11.5. The number of carbonyl (C=O) groups is 2. The standard InChI is InChI=1S/C17H29N3O4Si/c1-13(21)10-14-11-18-16(15-6-5-7-19(15)17(22)23)20(14)12-24-8-9-25(2,3)4/h11,15H,5-10,12H2,1-4H3,(H,22,23). The minimum Gasteiger partial charge on any atom is -0.465 e. The summed E-state index contributed by atoms with van der Waals surface area (Å²) in [5.41, 5.74) is 0.785. The highest BCUT2D eigenvalue weighted by Crippen LogP contribution is 2.31. The first kappa shape index (κ1) is 19.6. The molecule has 0 aliphatic carbocycles. The van der Waals surface area contributed by atoms with Crippen LogP contribution in [-0.2, 0) is 22.7 Å². The summed E-state index contributed by atoms with van der Waals surface area (Å²) >= 11 is 0. The van der Waals surface area contributed by atoms with E-state index in [1.165, 1.54) is 4.90 Å². The summed E-state index contributed by atoms with van der Waals surface area (Å²) in [5, 5.41) is 9.40. The molecule has 1 fully saturated rings. The monoisotopic (exact) mass is 367 g/mol. The van der Waals surface area contributed by atoms with Gasteiger partial charge in [-0.1, -0.05) is 19.6 Å². The van der Waals surface area contributed by atoms with Crippen molar-refractivity contribution in [1.29, 1.82) is 0 Å². The number of Topliss-reactive ketones (excluding diaryl/α,β-unsaturated/α-hetero) is 1. The van der Waals surface area contributed by atoms with Crippen molar-refractivity contribution in [2.45, 2.75) is 64.6 Å². The summed E-state index contributed by atoms with van der Waals surface area (Å²) in [4.78, 5) is 28.9. The van der Waals surface area contributed by atoms with E-state index in [9.17, 15) is 14.7 Å². The zero-order valence-corrected chi connectivity index (χ0v) is 16.6. The number of imidazole rings is 1. The van der Waals surface area contributed by atoms with Gasteiger partial charge in [-0.05, 0) is 25.8 Å². The normalized spacial score (nSPS) is 17.9. The Labute approximate surface area is 150 Å². The predicted octanol–water partition coefficient (Wildman–Crippen LogP) is 3.14. The topological polar surface area (TPSA) is 84.7 Å². The van der Waals surface area contributed by atoms with Crippen LogP contribution in [0.5, 0.6) is 0 Å². The van der Waals surface area contributed by atoms with Gasteiger partial charge < -0.3 is 14.4 Å². The van der Waals surface area contributed by atoms with E-state index in [0.717, 1.165) is 24.6 Å². The molecule has 1 N–H and O–H groups in total. The van der Waals surface area contributed by atoms with E-state index in [2.05, 4.69) is 24.6 Å². The maximum absolute atomic E-state index is 11.5. The number of ether oxygens (including phenoxy) is 1. The lowest BCUT2D eigenvalue weighted by Crippen LogP contribution is -2.31. The molecule has 7 nitrogen and oxygen atoms in total. The molecule has 1 saturated heterocycles. The molecule has 1 aromatic rings. The van der Waals surface area contributed by atoms with Gasteiger partial charge >= 0.3 is 6.09 Å². The van der Waals surface area contributed by atoms with Crippen molar-refractivity contribution in [2.24, 2.45) is 0 Å². The quantitative estimate of drug-likeness (QED) is 0.563. The highest BCUT2D eigenvalue weighted by atomic mass is 28.3. The van der Waals surface area contributed by atoms with Crippen molar-refractivity contribution >= 4 is 20.0 Å². The molecule has 1 unspecified atom stereocenters. The Morgan fingerprint density at radius 2 is 2.12 bits per heavy atom. The van der Waals surface area contributed by atoms with E-state index in [-0.39, 0.29) is 18.2 Å². The molecule has 0 radical (unpaired) electrons. The van der Waals surface area contributed by atoms with Crippen molar-refractivity contribution in [2.75, 3.05) is 13.2 Å².